The largest absolute Gasteiger partial charge is 0.482 e. The van der Waals surface area contributed by atoms with Gasteiger partial charge in [0, 0.05) is 0 Å². The zero-order chi connectivity index (χ0) is 8.85. The second kappa shape index (κ2) is 4.55. The number of rotatable bonds is 0. The van der Waals surface area contributed by atoms with E-state index >= 15 is 0 Å². The number of carbonyl (C=O) groups excluding carboxylic acids is 1. The van der Waals surface area contributed by atoms with Gasteiger partial charge in [-0.15, -0.1) is 0 Å². The fourth-order valence-electron chi connectivity index (χ4n) is 0.514. The molecule has 1 N–H and O–H groups in total. The van der Waals surface area contributed by atoms with Gasteiger partial charge in [-0.1, -0.05) is 27.0 Å². The molecule has 11 heavy (non-hydrogen) atoms. The third kappa shape index (κ3) is 2.89. The van der Waals surface area contributed by atoms with Gasteiger partial charge in [0.05, 0.1) is 5.70 Å². The van der Waals surface area contributed by atoms with Crippen LogP contribution < -0.4 is 5.32 Å². The molecule has 1 fully saturated rings. The Bertz CT molecular complexity index is 185. The molecule has 0 aromatic heterocycles. The molecule has 62 valence electrons. The van der Waals surface area contributed by atoms with E-state index in [0.717, 1.165) is 0 Å². The average Bonchev–Trinajstić information content (AvgIpc) is 2.02. The predicted molar refractivity (Wildman–Crippen MR) is 43.7 cm³/mol. The molecular weight excluding hydrogens is 142 g/mol. The maximum Gasteiger partial charge on any atom is 0.262 e. The van der Waals surface area contributed by atoms with Crippen molar-refractivity contribution >= 4 is 5.91 Å². The van der Waals surface area contributed by atoms with Crippen molar-refractivity contribution in [2.75, 3.05) is 6.61 Å². The molecule has 0 aromatic rings. The van der Waals surface area contributed by atoms with Crippen LogP contribution in [0, 0.1) is 0 Å². The van der Waals surface area contributed by atoms with Crippen LogP contribution in [0.2, 0.25) is 0 Å². The molecular formula is C8H13NO2. The van der Waals surface area contributed by atoms with Crippen LogP contribution >= 0.6 is 0 Å². The third-order valence-electron chi connectivity index (χ3n) is 1.00. The summed E-state index contributed by atoms with van der Waals surface area (Å²) in [5.41, 5.74) is 0.450. The van der Waals surface area contributed by atoms with Gasteiger partial charge in [-0.2, -0.15) is 0 Å². The fourth-order valence-corrected chi connectivity index (χ4v) is 0.514. The summed E-state index contributed by atoms with van der Waals surface area (Å²) in [4.78, 5) is 10.5. The van der Waals surface area contributed by atoms with Crippen molar-refractivity contribution in [2.24, 2.45) is 0 Å². The van der Waals surface area contributed by atoms with E-state index < -0.39 is 0 Å². The van der Waals surface area contributed by atoms with E-state index in [1.54, 1.807) is 0 Å². The van der Waals surface area contributed by atoms with Crippen LogP contribution in [0.3, 0.4) is 0 Å². The molecule has 0 bridgehead atoms. The summed E-state index contributed by atoms with van der Waals surface area (Å²) < 4.78 is 4.80. The minimum atomic E-state index is -0.174. The lowest BCUT2D eigenvalue weighted by molar-refractivity contribution is -0.125. The second-order valence-electron chi connectivity index (χ2n) is 1.74. The van der Waals surface area contributed by atoms with Crippen LogP contribution in [0.1, 0.15) is 13.8 Å². The minimum Gasteiger partial charge on any atom is -0.482 e. The highest BCUT2D eigenvalue weighted by atomic mass is 16.5. The van der Waals surface area contributed by atoms with Gasteiger partial charge in [-0.05, 0) is 0 Å². The highest BCUT2D eigenvalue weighted by Gasteiger charge is 2.13. The van der Waals surface area contributed by atoms with Gasteiger partial charge in [0.1, 0.15) is 5.76 Å². The average molecular weight is 155 g/mol. The summed E-state index contributed by atoms with van der Waals surface area (Å²) in [5.74, 6) is 0.266. The summed E-state index contributed by atoms with van der Waals surface area (Å²) >= 11 is 0. The smallest absolute Gasteiger partial charge is 0.262 e. The third-order valence-corrected chi connectivity index (χ3v) is 1.00. The molecule has 1 heterocycles. The molecule has 1 rings (SSSR count). The van der Waals surface area contributed by atoms with Crippen molar-refractivity contribution in [3.8, 4) is 0 Å². The van der Waals surface area contributed by atoms with Crippen molar-refractivity contribution in [3.05, 3.63) is 24.6 Å². The van der Waals surface area contributed by atoms with E-state index in [9.17, 15) is 4.79 Å². The van der Waals surface area contributed by atoms with Gasteiger partial charge in [-0.25, -0.2) is 0 Å². The van der Waals surface area contributed by atoms with E-state index in [0.29, 0.717) is 11.5 Å². The Morgan fingerprint density at radius 2 is 2.00 bits per heavy atom. The first kappa shape index (κ1) is 9.75. The Morgan fingerprint density at radius 1 is 1.45 bits per heavy atom. The van der Waals surface area contributed by atoms with Crippen molar-refractivity contribution in [1.82, 2.24) is 5.32 Å². The van der Waals surface area contributed by atoms with Crippen LogP contribution in [0.5, 0.6) is 0 Å². The SMILES string of the molecule is C=C1NC(=O)COC1=C.CC. The molecule has 1 aliphatic heterocycles. The molecule has 1 aliphatic rings. The summed E-state index contributed by atoms with van der Waals surface area (Å²) in [6.07, 6.45) is 0. The summed E-state index contributed by atoms with van der Waals surface area (Å²) in [5, 5.41) is 2.47. The van der Waals surface area contributed by atoms with Crippen LogP contribution in [-0.4, -0.2) is 12.5 Å². The zero-order valence-electron chi connectivity index (χ0n) is 6.94. The molecule has 0 unspecified atom stereocenters. The highest BCUT2D eigenvalue weighted by Crippen LogP contribution is 2.06. The molecule has 1 amide bonds. The summed E-state index contributed by atoms with van der Waals surface area (Å²) in [7, 11) is 0. The van der Waals surface area contributed by atoms with Crippen molar-refractivity contribution in [2.45, 2.75) is 13.8 Å². The molecule has 3 heteroatoms. The van der Waals surface area contributed by atoms with E-state index in [1.165, 1.54) is 0 Å². The number of morpholine rings is 1. The molecule has 0 aliphatic carbocycles. The molecule has 1 saturated heterocycles. The lowest BCUT2D eigenvalue weighted by Gasteiger charge is -2.17. The first-order valence-electron chi connectivity index (χ1n) is 3.51. The molecule has 3 nitrogen and oxygen atoms in total. The van der Waals surface area contributed by atoms with Crippen molar-refractivity contribution < 1.29 is 9.53 Å². The Balaban J connectivity index is 0.000000461. The zero-order valence-corrected chi connectivity index (χ0v) is 6.94. The van der Waals surface area contributed by atoms with Gasteiger partial charge >= 0.3 is 0 Å². The second-order valence-corrected chi connectivity index (χ2v) is 1.74. The standard InChI is InChI=1S/C6H7NO2.C2H6/c1-4-5(2)9-3-6(8)7-4;1-2/h1-3H2,(H,7,8);1-2H3. The van der Waals surface area contributed by atoms with Gasteiger partial charge in [0.25, 0.3) is 5.91 Å². The lowest BCUT2D eigenvalue weighted by atomic mass is 10.3. The van der Waals surface area contributed by atoms with Crippen LogP contribution in [0.15, 0.2) is 24.6 Å². The summed E-state index contributed by atoms with van der Waals surface area (Å²) in [6.45, 7) is 11.0. The number of amides is 1. The maximum absolute atomic E-state index is 10.5. The van der Waals surface area contributed by atoms with Crippen LogP contribution in [-0.2, 0) is 9.53 Å². The van der Waals surface area contributed by atoms with Crippen LogP contribution in [0.4, 0.5) is 0 Å². The first-order valence-corrected chi connectivity index (χ1v) is 3.51. The fraction of sp³-hybridized carbons (Fsp3) is 0.375. The quantitative estimate of drug-likeness (QED) is 0.570. The molecule has 0 radical (unpaired) electrons. The molecule has 0 saturated carbocycles. The van der Waals surface area contributed by atoms with Crippen molar-refractivity contribution in [3.63, 3.8) is 0 Å². The van der Waals surface area contributed by atoms with E-state index in [-0.39, 0.29) is 12.5 Å². The number of hydrogen-bond acceptors (Lipinski definition) is 2. The Hall–Kier alpha value is -1.25. The van der Waals surface area contributed by atoms with Gasteiger partial charge < -0.3 is 10.1 Å². The molecule has 0 spiro atoms. The van der Waals surface area contributed by atoms with E-state index in [2.05, 4.69) is 18.5 Å². The van der Waals surface area contributed by atoms with Crippen LogP contribution in [0.25, 0.3) is 0 Å². The lowest BCUT2D eigenvalue weighted by Crippen LogP contribution is -2.32. The first-order chi connectivity index (χ1) is 5.20. The predicted octanol–water partition coefficient (Wildman–Crippen LogP) is 1.19. The Labute approximate surface area is 66.7 Å². The van der Waals surface area contributed by atoms with Crippen molar-refractivity contribution in [1.29, 1.82) is 0 Å². The maximum atomic E-state index is 10.5. The van der Waals surface area contributed by atoms with Gasteiger partial charge in [-0.3, -0.25) is 4.79 Å². The monoisotopic (exact) mass is 155 g/mol. The Kier molecular flexibility index (Phi) is 4.03. The number of nitrogens with one attached hydrogen (secondary N) is 1. The molecule has 0 atom stereocenters. The molecule has 0 aromatic carbocycles. The van der Waals surface area contributed by atoms with E-state index in [1.807, 2.05) is 13.8 Å². The highest BCUT2D eigenvalue weighted by molar-refractivity contribution is 5.81. The normalized spacial score (nSPS) is 16.0. The number of carbonyl (C=O) groups is 1. The minimum absolute atomic E-state index is 0.0534. The topological polar surface area (TPSA) is 38.3 Å². The van der Waals surface area contributed by atoms with E-state index in [4.69, 9.17) is 4.74 Å². The number of hydrogen-bond donors (Lipinski definition) is 1. The Morgan fingerprint density at radius 3 is 2.36 bits per heavy atom. The number of ether oxygens (including phenoxy) is 1. The summed E-state index contributed by atoms with van der Waals surface area (Å²) in [6, 6.07) is 0. The van der Waals surface area contributed by atoms with Gasteiger partial charge in [0.15, 0.2) is 6.61 Å². The van der Waals surface area contributed by atoms with Gasteiger partial charge in [0.2, 0.25) is 0 Å².